The highest BCUT2D eigenvalue weighted by Gasteiger charge is 2.12. The van der Waals surface area contributed by atoms with Gasteiger partial charge in [-0.25, -0.2) is 4.98 Å². The van der Waals surface area contributed by atoms with Crippen molar-refractivity contribution in [2.45, 2.75) is 33.8 Å². The Labute approximate surface area is 143 Å². The van der Waals surface area contributed by atoms with Crippen molar-refractivity contribution in [2.24, 2.45) is 0 Å². The Kier molecular flexibility index (Phi) is 6.18. The first-order valence-corrected chi connectivity index (χ1v) is 8.33. The minimum atomic E-state index is -0.249. The predicted octanol–water partition coefficient (Wildman–Crippen LogP) is 3.97. The molecule has 0 spiro atoms. The van der Waals surface area contributed by atoms with Crippen molar-refractivity contribution in [3.8, 4) is 5.75 Å². The van der Waals surface area contributed by atoms with Crippen molar-refractivity contribution < 1.29 is 9.53 Å². The highest BCUT2D eigenvalue weighted by atomic mass is 16.5. The highest BCUT2D eigenvalue weighted by molar-refractivity contribution is 6.03. The van der Waals surface area contributed by atoms with Gasteiger partial charge in [0.25, 0.3) is 5.91 Å². The molecule has 1 aromatic carbocycles. The van der Waals surface area contributed by atoms with Gasteiger partial charge in [-0.3, -0.25) is 4.79 Å². The van der Waals surface area contributed by atoms with Crippen molar-refractivity contribution in [2.75, 3.05) is 23.3 Å². The molecule has 2 rings (SSSR count). The van der Waals surface area contributed by atoms with Gasteiger partial charge in [0.15, 0.2) is 0 Å². The average Bonchev–Trinajstić information content (AvgIpc) is 2.58. The van der Waals surface area contributed by atoms with Gasteiger partial charge in [-0.05, 0) is 52.0 Å². The van der Waals surface area contributed by atoms with E-state index in [0.29, 0.717) is 17.1 Å². The molecule has 0 bridgehead atoms. The van der Waals surface area contributed by atoms with Gasteiger partial charge < -0.3 is 15.0 Å². The van der Waals surface area contributed by atoms with Crippen molar-refractivity contribution in [1.82, 2.24) is 4.98 Å². The number of hydrogen-bond acceptors (Lipinski definition) is 4. The predicted molar refractivity (Wildman–Crippen MR) is 98.0 cm³/mol. The SMILES string of the molecule is CCN(CC)c1ccc(C(=O)Nc2ccccc2OC(C)C)nc1. The monoisotopic (exact) mass is 327 g/mol. The fourth-order valence-corrected chi connectivity index (χ4v) is 2.41. The summed E-state index contributed by atoms with van der Waals surface area (Å²) in [7, 11) is 0. The third kappa shape index (κ3) is 4.47. The molecule has 0 aliphatic carbocycles. The number of nitrogens with one attached hydrogen (secondary N) is 1. The smallest absolute Gasteiger partial charge is 0.274 e. The summed E-state index contributed by atoms with van der Waals surface area (Å²) in [6, 6.07) is 11.1. The maximum atomic E-state index is 12.4. The number of carbonyl (C=O) groups excluding carboxylic acids is 1. The molecular formula is C19H25N3O2. The number of rotatable bonds is 7. The lowest BCUT2D eigenvalue weighted by molar-refractivity contribution is 0.102. The van der Waals surface area contributed by atoms with Gasteiger partial charge in [-0.2, -0.15) is 0 Å². The summed E-state index contributed by atoms with van der Waals surface area (Å²) in [6.45, 7) is 9.90. The zero-order valence-corrected chi connectivity index (χ0v) is 14.7. The standard InChI is InChI=1S/C19H25N3O2/c1-5-22(6-2)15-11-12-17(20-13-15)19(23)21-16-9-7-8-10-18(16)24-14(3)4/h7-14H,5-6H2,1-4H3,(H,21,23). The van der Waals surface area contributed by atoms with Crippen molar-refractivity contribution in [3.05, 3.63) is 48.3 Å². The van der Waals surface area contributed by atoms with E-state index in [0.717, 1.165) is 18.8 Å². The zero-order valence-electron chi connectivity index (χ0n) is 14.7. The largest absolute Gasteiger partial charge is 0.489 e. The molecule has 128 valence electrons. The Hall–Kier alpha value is -2.56. The summed E-state index contributed by atoms with van der Waals surface area (Å²) in [5.74, 6) is 0.404. The van der Waals surface area contributed by atoms with Crippen molar-refractivity contribution >= 4 is 17.3 Å². The van der Waals surface area contributed by atoms with Gasteiger partial charge in [0.05, 0.1) is 23.7 Å². The van der Waals surface area contributed by atoms with E-state index in [1.165, 1.54) is 0 Å². The van der Waals surface area contributed by atoms with Crippen LogP contribution in [0, 0.1) is 0 Å². The minimum absolute atomic E-state index is 0.0366. The van der Waals surface area contributed by atoms with Gasteiger partial charge in [0, 0.05) is 13.1 Å². The summed E-state index contributed by atoms with van der Waals surface area (Å²) in [5.41, 5.74) is 2.04. The minimum Gasteiger partial charge on any atom is -0.489 e. The quantitative estimate of drug-likeness (QED) is 0.836. The molecule has 5 heteroatoms. The number of amides is 1. The number of pyridine rings is 1. The van der Waals surface area contributed by atoms with E-state index in [-0.39, 0.29) is 12.0 Å². The van der Waals surface area contributed by atoms with Crippen LogP contribution in [0.3, 0.4) is 0 Å². The zero-order chi connectivity index (χ0) is 17.5. The molecule has 0 aliphatic rings. The molecule has 1 amide bonds. The molecule has 0 saturated carbocycles. The Balaban J connectivity index is 2.13. The molecule has 0 radical (unpaired) electrons. The Morgan fingerprint density at radius 1 is 1.17 bits per heavy atom. The number of aromatic nitrogens is 1. The molecule has 0 atom stereocenters. The third-order valence-corrected chi connectivity index (χ3v) is 3.61. The summed E-state index contributed by atoms with van der Waals surface area (Å²) < 4.78 is 5.72. The van der Waals surface area contributed by atoms with Crippen molar-refractivity contribution in [3.63, 3.8) is 0 Å². The van der Waals surface area contributed by atoms with Gasteiger partial charge in [-0.1, -0.05) is 12.1 Å². The van der Waals surface area contributed by atoms with Crippen LogP contribution in [0.1, 0.15) is 38.2 Å². The Morgan fingerprint density at radius 2 is 1.88 bits per heavy atom. The molecule has 0 fully saturated rings. The summed E-state index contributed by atoms with van der Waals surface area (Å²) in [4.78, 5) is 18.9. The fourth-order valence-electron chi connectivity index (χ4n) is 2.41. The van der Waals surface area contributed by atoms with E-state index >= 15 is 0 Å². The summed E-state index contributed by atoms with van der Waals surface area (Å²) in [6.07, 6.45) is 1.77. The number of anilines is 2. The lowest BCUT2D eigenvalue weighted by Gasteiger charge is -2.20. The molecule has 24 heavy (non-hydrogen) atoms. The van der Waals surface area contributed by atoms with Crippen LogP contribution in [-0.2, 0) is 0 Å². The lowest BCUT2D eigenvalue weighted by atomic mass is 10.2. The van der Waals surface area contributed by atoms with E-state index < -0.39 is 0 Å². The number of benzene rings is 1. The van der Waals surface area contributed by atoms with E-state index in [1.807, 2.05) is 44.2 Å². The van der Waals surface area contributed by atoms with Crippen LogP contribution in [0.15, 0.2) is 42.6 Å². The molecular weight excluding hydrogens is 302 g/mol. The summed E-state index contributed by atoms with van der Waals surface area (Å²) in [5, 5.41) is 2.87. The maximum Gasteiger partial charge on any atom is 0.274 e. The molecule has 1 heterocycles. The number of para-hydroxylation sites is 2. The van der Waals surface area contributed by atoms with Crippen LogP contribution >= 0.6 is 0 Å². The molecule has 1 aromatic heterocycles. The van der Waals surface area contributed by atoms with Crippen LogP contribution in [0.4, 0.5) is 11.4 Å². The summed E-state index contributed by atoms with van der Waals surface area (Å²) >= 11 is 0. The van der Waals surface area contributed by atoms with Crippen LogP contribution < -0.4 is 15.0 Å². The molecule has 0 saturated heterocycles. The van der Waals surface area contributed by atoms with E-state index in [4.69, 9.17) is 4.74 Å². The van der Waals surface area contributed by atoms with Crippen LogP contribution in [0.2, 0.25) is 0 Å². The van der Waals surface area contributed by atoms with E-state index in [9.17, 15) is 4.79 Å². The van der Waals surface area contributed by atoms with Crippen LogP contribution in [0.5, 0.6) is 5.75 Å². The van der Waals surface area contributed by atoms with Gasteiger partial charge >= 0.3 is 0 Å². The van der Waals surface area contributed by atoms with Crippen LogP contribution in [0.25, 0.3) is 0 Å². The van der Waals surface area contributed by atoms with Crippen molar-refractivity contribution in [1.29, 1.82) is 0 Å². The second-order valence-corrected chi connectivity index (χ2v) is 5.69. The Bertz CT molecular complexity index is 665. The number of nitrogens with zero attached hydrogens (tertiary/aromatic N) is 2. The van der Waals surface area contributed by atoms with Gasteiger partial charge in [0.1, 0.15) is 11.4 Å². The highest BCUT2D eigenvalue weighted by Crippen LogP contribution is 2.25. The first-order valence-electron chi connectivity index (χ1n) is 8.33. The molecule has 0 unspecified atom stereocenters. The third-order valence-electron chi connectivity index (χ3n) is 3.61. The van der Waals surface area contributed by atoms with Crippen LogP contribution in [-0.4, -0.2) is 30.1 Å². The van der Waals surface area contributed by atoms with E-state index in [2.05, 4.69) is 29.0 Å². The Morgan fingerprint density at radius 3 is 2.46 bits per heavy atom. The molecule has 0 aliphatic heterocycles. The lowest BCUT2D eigenvalue weighted by Crippen LogP contribution is -2.22. The van der Waals surface area contributed by atoms with Gasteiger partial charge in [0.2, 0.25) is 0 Å². The fraction of sp³-hybridized carbons (Fsp3) is 0.368. The number of carbonyl (C=O) groups is 1. The maximum absolute atomic E-state index is 12.4. The normalized spacial score (nSPS) is 10.5. The molecule has 2 aromatic rings. The van der Waals surface area contributed by atoms with E-state index in [1.54, 1.807) is 12.3 Å². The first kappa shape index (κ1) is 17.8. The molecule has 1 N–H and O–H groups in total. The average molecular weight is 327 g/mol. The second-order valence-electron chi connectivity index (χ2n) is 5.69. The number of hydrogen-bond donors (Lipinski definition) is 1. The van der Waals surface area contributed by atoms with Gasteiger partial charge in [-0.15, -0.1) is 0 Å². The topological polar surface area (TPSA) is 54.5 Å². The number of ether oxygens (including phenoxy) is 1. The second kappa shape index (κ2) is 8.34. The molecule has 5 nitrogen and oxygen atoms in total. The first-order chi connectivity index (χ1) is 11.5.